The molecule has 0 heterocycles. The minimum absolute atomic E-state index is 0.0364. The van der Waals surface area contributed by atoms with Crippen LogP contribution in [0, 0.1) is 17.8 Å². The van der Waals surface area contributed by atoms with Gasteiger partial charge in [0.25, 0.3) is 0 Å². The molecule has 0 saturated carbocycles. The summed E-state index contributed by atoms with van der Waals surface area (Å²) in [6, 6.07) is 0. The van der Waals surface area contributed by atoms with E-state index in [2.05, 4.69) is 27.7 Å². The first kappa shape index (κ1) is 13.9. The molecule has 0 spiro atoms. The molecule has 0 radical (unpaired) electrons. The van der Waals surface area contributed by atoms with Crippen LogP contribution in [0.4, 0.5) is 4.39 Å². The molecule has 0 fully saturated rings. The Hall–Kier alpha value is -0.110. The second kappa shape index (κ2) is 7.22. The Balaban J connectivity index is 3.96. The molecule has 14 heavy (non-hydrogen) atoms. The first-order chi connectivity index (χ1) is 6.52. The lowest BCUT2D eigenvalue weighted by Gasteiger charge is -2.25. The predicted molar refractivity (Wildman–Crippen MR) is 61.0 cm³/mol. The van der Waals surface area contributed by atoms with Gasteiger partial charge in [-0.2, -0.15) is 0 Å². The molecule has 0 aliphatic rings. The molecular formula is C12H26FN. The maximum absolute atomic E-state index is 13.8. The number of alkyl halides is 1. The zero-order valence-electron chi connectivity index (χ0n) is 10.1. The van der Waals surface area contributed by atoms with E-state index in [-0.39, 0.29) is 5.92 Å². The molecule has 3 atom stereocenters. The van der Waals surface area contributed by atoms with E-state index in [4.69, 9.17) is 5.73 Å². The third-order valence-corrected chi connectivity index (χ3v) is 3.00. The van der Waals surface area contributed by atoms with Crippen LogP contribution in [0.15, 0.2) is 0 Å². The van der Waals surface area contributed by atoms with Crippen LogP contribution >= 0.6 is 0 Å². The van der Waals surface area contributed by atoms with Gasteiger partial charge in [0.05, 0.1) is 0 Å². The lowest BCUT2D eigenvalue weighted by Crippen LogP contribution is -2.30. The van der Waals surface area contributed by atoms with Gasteiger partial charge in [-0.25, -0.2) is 4.39 Å². The summed E-state index contributed by atoms with van der Waals surface area (Å²) in [6.45, 7) is 8.84. The van der Waals surface area contributed by atoms with Crippen LogP contribution in [0.3, 0.4) is 0 Å². The van der Waals surface area contributed by atoms with Crippen LogP contribution in [-0.4, -0.2) is 12.7 Å². The van der Waals surface area contributed by atoms with E-state index in [1.807, 2.05) is 0 Å². The molecule has 2 heteroatoms. The summed E-state index contributed by atoms with van der Waals surface area (Å²) in [5.41, 5.74) is 5.58. The molecule has 86 valence electrons. The highest BCUT2D eigenvalue weighted by Crippen LogP contribution is 2.24. The smallest absolute Gasteiger partial charge is 0.105 e. The Labute approximate surface area is 88.3 Å². The van der Waals surface area contributed by atoms with Crippen molar-refractivity contribution in [2.75, 3.05) is 6.54 Å². The molecule has 0 aromatic carbocycles. The van der Waals surface area contributed by atoms with E-state index in [0.29, 0.717) is 24.8 Å². The fourth-order valence-electron chi connectivity index (χ4n) is 2.01. The SMILES string of the molecule is CCCC(C)CC(F)C(CN)C(C)C. The number of hydrogen-bond acceptors (Lipinski definition) is 1. The van der Waals surface area contributed by atoms with Crippen molar-refractivity contribution in [1.82, 2.24) is 0 Å². The average molecular weight is 203 g/mol. The quantitative estimate of drug-likeness (QED) is 0.674. The van der Waals surface area contributed by atoms with Crippen molar-refractivity contribution < 1.29 is 4.39 Å². The number of nitrogens with two attached hydrogens (primary N) is 1. The molecule has 0 aromatic rings. The topological polar surface area (TPSA) is 26.0 Å². The molecule has 2 N–H and O–H groups in total. The van der Waals surface area contributed by atoms with Crippen LogP contribution in [-0.2, 0) is 0 Å². The third-order valence-electron chi connectivity index (χ3n) is 3.00. The third kappa shape index (κ3) is 4.94. The summed E-state index contributed by atoms with van der Waals surface area (Å²) in [7, 11) is 0. The van der Waals surface area contributed by atoms with Crippen molar-refractivity contribution in [2.24, 2.45) is 23.5 Å². The Morgan fingerprint density at radius 1 is 1.21 bits per heavy atom. The molecule has 0 amide bonds. The maximum Gasteiger partial charge on any atom is 0.105 e. The average Bonchev–Trinajstić information content (AvgIpc) is 2.04. The molecule has 0 saturated heterocycles. The van der Waals surface area contributed by atoms with Gasteiger partial charge in [0.1, 0.15) is 6.17 Å². The van der Waals surface area contributed by atoms with Gasteiger partial charge in [-0.05, 0) is 24.8 Å². The zero-order valence-corrected chi connectivity index (χ0v) is 10.1. The lowest BCUT2D eigenvalue weighted by atomic mass is 9.86. The molecule has 1 nitrogen and oxygen atoms in total. The van der Waals surface area contributed by atoms with Crippen LogP contribution in [0.5, 0.6) is 0 Å². The molecule has 3 unspecified atom stereocenters. The summed E-state index contributed by atoms with van der Waals surface area (Å²) in [5.74, 6) is 0.876. The summed E-state index contributed by atoms with van der Waals surface area (Å²) < 4.78 is 13.8. The highest BCUT2D eigenvalue weighted by atomic mass is 19.1. The van der Waals surface area contributed by atoms with Crippen LogP contribution in [0.25, 0.3) is 0 Å². The van der Waals surface area contributed by atoms with Crippen molar-refractivity contribution in [3.63, 3.8) is 0 Å². The van der Waals surface area contributed by atoms with Crippen molar-refractivity contribution in [1.29, 1.82) is 0 Å². The van der Waals surface area contributed by atoms with Gasteiger partial charge in [-0.3, -0.25) is 0 Å². The summed E-state index contributed by atoms with van der Waals surface area (Å²) >= 11 is 0. The van der Waals surface area contributed by atoms with Gasteiger partial charge in [0.2, 0.25) is 0 Å². The van der Waals surface area contributed by atoms with Gasteiger partial charge in [-0.1, -0.05) is 40.5 Å². The van der Waals surface area contributed by atoms with E-state index < -0.39 is 6.17 Å². The van der Waals surface area contributed by atoms with Gasteiger partial charge >= 0.3 is 0 Å². The van der Waals surface area contributed by atoms with Crippen LogP contribution < -0.4 is 5.73 Å². The van der Waals surface area contributed by atoms with E-state index in [9.17, 15) is 4.39 Å². The first-order valence-electron chi connectivity index (χ1n) is 5.87. The number of hydrogen-bond donors (Lipinski definition) is 1. The second-order valence-corrected chi connectivity index (χ2v) is 4.79. The summed E-state index contributed by atoms with van der Waals surface area (Å²) in [5, 5.41) is 0. The van der Waals surface area contributed by atoms with Crippen molar-refractivity contribution in [2.45, 2.75) is 53.1 Å². The molecular weight excluding hydrogens is 177 g/mol. The van der Waals surface area contributed by atoms with Gasteiger partial charge in [0, 0.05) is 5.92 Å². The van der Waals surface area contributed by atoms with Gasteiger partial charge < -0.3 is 5.73 Å². The molecule has 0 bridgehead atoms. The molecule has 0 rings (SSSR count). The van der Waals surface area contributed by atoms with Crippen molar-refractivity contribution >= 4 is 0 Å². The summed E-state index contributed by atoms with van der Waals surface area (Å²) in [4.78, 5) is 0. The molecule has 0 aromatic heterocycles. The van der Waals surface area contributed by atoms with Crippen LogP contribution in [0.1, 0.15) is 47.0 Å². The van der Waals surface area contributed by atoms with Gasteiger partial charge in [-0.15, -0.1) is 0 Å². The monoisotopic (exact) mass is 203 g/mol. The lowest BCUT2D eigenvalue weighted by molar-refractivity contribution is 0.154. The number of rotatable bonds is 7. The maximum atomic E-state index is 13.8. The van der Waals surface area contributed by atoms with E-state index >= 15 is 0 Å². The fraction of sp³-hybridized carbons (Fsp3) is 1.00. The standard InChI is InChI=1S/C12H26FN/c1-5-6-10(4)7-12(13)11(8-14)9(2)3/h9-12H,5-8,14H2,1-4H3. The van der Waals surface area contributed by atoms with Crippen molar-refractivity contribution in [3.05, 3.63) is 0 Å². The Morgan fingerprint density at radius 2 is 1.79 bits per heavy atom. The van der Waals surface area contributed by atoms with E-state index in [1.165, 1.54) is 0 Å². The fourth-order valence-corrected chi connectivity index (χ4v) is 2.01. The van der Waals surface area contributed by atoms with E-state index in [0.717, 1.165) is 12.8 Å². The predicted octanol–water partition coefficient (Wildman–Crippen LogP) is 3.38. The van der Waals surface area contributed by atoms with E-state index in [1.54, 1.807) is 0 Å². The Kier molecular flexibility index (Phi) is 7.16. The zero-order chi connectivity index (χ0) is 11.1. The van der Waals surface area contributed by atoms with Gasteiger partial charge in [0.15, 0.2) is 0 Å². The molecule has 0 aliphatic carbocycles. The highest BCUT2D eigenvalue weighted by molar-refractivity contribution is 4.75. The minimum Gasteiger partial charge on any atom is -0.330 e. The largest absolute Gasteiger partial charge is 0.330 e. The second-order valence-electron chi connectivity index (χ2n) is 4.79. The van der Waals surface area contributed by atoms with Crippen LogP contribution in [0.2, 0.25) is 0 Å². The highest BCUT2D eigenvalue weighted by Gasteiger charge is 2.24. The first-order valence-corrected chi connectivity index (χ1v) is 5.87. The normalized spacial score (nSPS) is 18.2. The Bertz CT molecular complexity index is 136. The Morgan fingerprint density at radius 3 is 2.14 bits per heavy atom. The van der Waals surface area contributed by atoms with Crippen molar-refractivity contribution in [3.8, 4) is 0 Å². The minimum atomic E-state index is -0.721. The molecule has 0 aliphatic heterocycles. The summed E-state index contributed by atoms with van der Waals surface area (Å²) in [6.07, 6.45) is 2.22. The number of halogens is 1.